The van der Waals surface area contributed by atoms with Gasteiger partial charge in [0.05, 0.1) is 6.07 Å². The Hall–Kier alpha value is -2.06. The summed E-state index contributed by atoms with van der Waals surface area (Å²) in [5.74, 6) is -0.0573. The van der Waals surface area contributed by atoms with E-state index in [1.807, 2.05) is 30.3 Å². The van der Waals surface area contributed by atoms with Crippen LogP contribution in [0.3, 0.4) is 0 Å². The van der Waals surface area contributed by atoms with Crippen molar-refractivity contribution in [2.45, 2.75) is 19.3 Å². The average Bonchev–Trinajstić information content (AvgIpc) is 2.54. The van der Waals surface area contributed by atoms with Gasteiger partial charge >= 0.3 is 0 Å². The largest absolute Gasteiger partial charge is 0.339 e. The molecule has 2 amide bonds. The van der Waals surface area contributed by atoms with Gasteiger partial charge in [0.15, 0.2) is 0 Å². The zero-order valence-electron chi connectivity index (χ0n) is 12.3. The zero-order chi connectivity index (χ0) is 15.9. The number of piperazine rings is 1. The quantitative estimate of drug-likeness (QED) is 0.851. The van der Waals surface area contributed by atoms with Gasteiger partial charge in [-0.3, -0.25) is 9.59 Å². The van der Waals surface area contributed by atoms with Crippen LogP contribution in [0.25, 0.3) is 0 Å². The highest BCUT2D eigenvalue weighted by Gasteiger charge is 2.23. The van der Waals surface area contributed by atoms with E-state index in [1.54, 1.807) is 9.80 Å². The highest BCUT2D eigenvalue weighted by molar-refractivity contribution is 6.30. The van der Waals surface area contributed by atoms with E-state index in [0.29, 0.717) is 44.0 Å². The highest BCUT2D eigenvalue weighted by Crippen LogP contribution is 2.12. The van der Waals surface area contributed by atoms with Crippen LogP contribution in [0.15, 0.2) is 24.3 Å². The molecule has 1 saturated heterocycles. The van der Waals surface area contributed by atoms with Gasteiger partial charge in [0, 0.05) is 37.6 Å². The zero-order valence-corrected chi connectivity index (χ0v) is 13.1. The van der Waals surface area contributed by atoms with E-state index < -0.39 is 0 Å². The van der Waals surface area contributed by atoms with Crippen molar-refractivity contribution in [3.8, 4) is 6.07 Å². The molecular weight excluding hydrogens is 302 g/mol. The fraction of sp³-hybridized carbons (Fsp3) is 0.438. The minimum atomic E-state index is -0.157. The van der Waals surface area contributed by atoms with Crippen LogP contribution in [0.4, 0.5) is 0 Å². The van der Waals surface area contributed by atoms with Crippen LogP contribution in [0, 0.1) is 11.3 Å². The van der Waals surface area contributed by atoms with Crippen molar-refractivity contribution in [3.63, 3.8) is 0 Å². The van der Waals surface area contributed by atoms with Gasteiger partial charge in [-0.05, 0) is 24.1 Å². The molecule has 1 heterocycles. The number of carbonyl (C=O) groups excluding carboxylic acids is 2. The number of benzene rings is 1. The first-order chi connectivity index (χ1) is 10.6. The summed E-state index contributed by atoms with van der Waals surface area (Å²) in [5.41, 5.74) is 1.08. The molecule has 1 aliphatic heterocycles. The monoisotopic (exact) mass is 319 g/mol. The Kier molecular flexibility index (Phi) is 5.79. The molecule has 6 heteroatoms. The number of hydrogen-bond donors (Lipinski definition) is 0. The first kappa shape index (κ1) is 16.3. The van der Waals surface area contributed by atoms with E-state index in [4.69, 9.17) is 16.9 Å². The van der Waals surface area contributed by atoms with Gasteiger partial charge in [-0.15, -0.1) is 0 Å². The number of amides is 2. The van der Waals surface area contributed by atoms with Crippen molar-refractivity contribution in [1.29, 1.82) is 5.26 Å². The summed E-state index contributed by atoms with van der Waals surface area (Å²) < 4.78 is 0. The first-order valence-corrected chi connectivity index (χ1v) is 7.65. The lowest BCUT2D eigenvalue weighted by molar-refractivity contribution is -0.139. The summed E-state index contributed by atoms with van der Waals surface area (Å²) in [4.78, 5) is 27.2. The summed E-state index contributed by atoms with van der Waals surface area (Å²) >= 11 is 5.83. The number of aryl methyl sites for hydroxylation is 1. The molecule has 1 aromatic carbocycles. The maximum absolute atomic E-state index is 12.2. The number of carbonyl (C=O) groups is 2. The molecule has 1 fully saturated rings. The SMILES string of the molecule is N#CCC(=O)N1CCN(C(=O)CCc2ccc(Cl)cc2)CC1. The number of halogens is 1. The molecule has 1 aliphatic rings. The van der Waals surface area contributed by atoms with Crippen LogP contribution in [0.2, 0.25) is 5.02 Å². The van der Waals surface area contributed by atoms with E-state index in [2.05, 4.69) is 0 Å². The van der Waals surface area contributed by atoms with Crippen molar-refractivity contribution in [3.05, 3.63) is 34.9 Å². The summed E-state index contributed by atoms with van der Waals surface area (Å²) in [5, 5.41) is 9.22. The second-order valence-electron chi connectivity index (χ2n) is 5.22. The van der Waals surface area contributed by atoms with Crippen molar-refractivity contribution < 1.29 is 9.59 Å². The topological polar surface area (TPSA) is 64.4 Å². The Morgan fingerprint density at radius 2 is 1.59 bits per heavy atom. The predicted molar refractivity (Wildman–Crippen MR) is 83.2 cm³/mol. The van der Waals surface area contributed by atoms with Crippen molar-refractivity contribution in [1.82, 2.24) is 9.80 Å². The minimum Gasteiger partial charge on any atom is -0.339 e. The van der Waals surface area contributed by atoms with E-state index >= 15 is 0 Å². The third kappa shape index (κ3) is 4.47. The Morgan fingerprint density at radius 3 is 2.14 bits per heavy atom. The summed E-state index contributed by atoms with van der Waals surface area (Å²) in [7, 11) is 0. The molecule has 1 aromatic rings. The van der Waals surface area contributed by atoms with Gasteiger partial charge in [-0.1, -0.05) is 23.7 Å². The first-order valence-electron chi connectivity index (χ1n) is 7.27. The summed E-state index contributed by atoms with van der Waals surface area (Å²) in [6.45, 7) is 2.09. The van der Waals surface area contributed by atoms with Crippen molar-refractivity contribution >= 4 is 23.4 Å². The number of rotatable bonds is 4. The Balaban J connectivity index is 1.76. The lowest BCUT2D eigenvalue weighted by atomic mass is 10.1. The van der Waals surface area contributed by atoms with Gasteiger partial charge in [0.2, 0.25) is 11.8 Å². The smallest absolute Gasteiger partial charge is 0.236 e. The fourth-order valence-electron chi connectivity index (χ4n) is 2.45. The average molecular weight is 320 g/mol. The van der Waals surface area contributed by atoms with Crippen LogP contribution < -0.4 is 0 Å². The molecule has 0 spiro atoms. The molecule has 0 unspecified atom stereocenters. The maximum Gasteiger partial charge on any atom is 0.236 e. The summed E-state index contributed by atoms with van der Waals surface area (Å²) in [6, 6.07) is 9.35. The molecular formula is C16H18ClN3O2. The second kappa shape index (κ2) is 7.81. The normalized spacial score (nSPS) is 14.5. The lowest BCUT2D eigenvalue weighted by Crippen LogP contribution is -2.50. The lowest BCUT2D eigenvalue weighted by Gasteiger charge is -2.34. The van der Waals surface area contributed by atoms with Gasteiger partial charge in [0.1, 0.15) is 6.42 Å². The number of nitriles is 1. The molecule has 0 aliphatic carbocycles. The molecule has 0 atom stereocenters. The molecule has 0 aromatic heterocycles. The standard InChI is InChI=1S/C16H18ClN3O2/c17-14-4-1-13(2-5-14)3-6-15(21)19-9-11-20(12-10-19)16(22)7-8-18/h1-2,4-5H,3,6-7,9-12H2. The van der Waals surface area contributed by atoms with Crippen molar-refractivity contribution in [2.75, 3.05) is 26.2 Å². The van der Waals surface area contributed by atoms with Crippen LogP contribution in [-0.2, 0) is 16.0 Å². The molecule has 0 N–H and O–H groups in total. The second-order valence-corrected chi connectivity index (χ2v) is 5.66. The fourth-order valence-corrected chi connectivity index (χ4v) is 2.57. The van der Waals surface area contributed by atoms with Crippen LogP contribution in [0.1, 0.15) is 18.4 Å². The molecule has 0 saturated carbocycles. The van der Waals surface area contributed by atoms with Crippen LogP contribution in [0.5, 0.6) is 0 Å². The minimum absolute atomic E-state index is 0.0927. The van der Waals surface area contributed by atoms with Gasteiger partial charge in [-0.2, -0.15) is 5.26 Å². The third-order valence-electron chi connectivity index (χ3n) is 3.76. The maximum atomic E-state index is 12.2. The van der Waals surface area contributed by atoms with Crippen LogP contribution in [-0.4, -0.2) is 47.8 Å². The van der Waals surface area contributed by atoms with E-state index in [0.717, 1.165) is 5.56 Å². The van der Waals surface area contributed by atoms with E-state index in [-0.39, 0.29) is 18.2 Å². The van der Waals surface area contributed by atoms with Crippen molar-refractivity contribution in [2.24, 2.45) is 0 Å². The van der Waals surface area contributed by atoms with Gasteiger partial charge in [0.25, 0.3) is 0 Å². The molecule has 2 rings (SSSR count). The van der Waals surface area contributed by atoms with E-state index in [1.165, 1.54) is 0 Å². The Bertz CT molecular complexity index is 572. The predicted octanol–water partition coefficient (Wildman–Crippen LogP) is 1.86. The highest BCUT2D eigenvalue weighted by atomic mass is 35.5. The number of nitrogens with zero attached hydrogens (tertiary/aromatic N) is 3. The Morgan fingerprint density at radius 1 is 1.05 bits per heavy atom. The molecule has 5 nitrogen and oxygen atoms in total. The van der Waals surface area contributed by atoms with Gasteiger partial charge in [-0.25, -0.2) is 0 Å². The third-order valence-corrected chi connectivity index (χ3v) is 4.01. The molecule has 0 radical (unpaired) electrons. The van der Waals surface area contributed by atoms with E-state index in [9.17, 15) is 9.59 Å². The molecule has 22 heavy (non-hydrogen) atoms. The molecule has 0 bridgehead atoms. The summed E-state index contributed by atoms with van der Waals surface area (Å²) in [6.07, 6.45) is 1.04. The number of hydrogen-bond acceptors (Lipinski definition) is 3. The Labute approximate surface area is 135 Å². The molecule has 116 valence electrons. The van der Waals surface area contributed by atoms with Crippen LogP contribution >= 0.6 is 11.6 Å². The van der Waals surface area contributed by atoms with Gasteiger partial charge < -0.3 is 9.80 Å².